The molecule has 1 aliphatic rings. The van der Waals surface area contributed by atoms with Gasteiger partial charge in [-0.15, -0.1) is 0 Å². The highest BCUT2D eigenvalue weighted by molar-refractivity contribution is 5.94. The van der Waals surface area contributed by atoms with Crippen molar-refractivity contribution in [1.82, 2.24) is 0 Å². The number of ether oxygens (including phenoxy) is 2. The molecule has 5 nitrogen and oxygen atoms in total. The van der Waals surface area contributed by atoms with Crippen LogP contribution in [0.1, 0.15) is 26.3 Å². The highest BCUT2D eigenvalue weighted by atomic mass is 16.7. The maximum absolute atomic E-state index is 12.3. The van der Waals surface area contributed by atoms with Gasteiger partial charge in [0.1, 0.15) is 0 Å². The second kappa shape index (κ2) is 6.43. The minimum Gasteiger partial charge on any atom is -0.454 e. The lowest BCUT2D eigenvalue weighted by Crippen LogP contribution is -2.24. The fraction of sp³-hybridized carbons (Fsp3) is 0.316. The molecule has 0 radical (unpaired) electrons. The van der Waals surface area contributed by atoms with E-state index in [1.54, 1.807) is 0 Å². The van der Waals surface area contributed by atoms with E-state index >= 15 is 0 Å². The number of para-hydroxylation sites is 1. The van der Waals surface area contributed by atoms with Gasteiger partial charge in [-0.25, -0.2) is 0 Å². The van der Waals surface area contributed by atoms with Crippen molar-refractivity contribution in [3.05, 3.63) is 48.0 Å². The average Bonchev–Trinajstić information content (AvgIpc) is 3.00. The first-order valence-electron chi connectivity index (χ1n) is 7.96. The minimum atomic E-state index is -0.0932. The van der Waals surface area contributed by atoms with Gasteiger partial charge in [-0.3, -0.25) is 4.79 Å². The van der Waals surface area contributed by atoms with E-state index in [0.717, 1.165) is 22.7 Å². The number of rotatable bonds is 4. The van der Waals surface area contributed by atoms with Crippen molar-refractivity contribution in [2.24, 2.45) is 0 Å². The quantitative estimate of drug-likeness (QED) is 0.898. The molecule has 2 N–H and O–H groups in total. The van der Waals surface area contributed by atoms with Crippen LogP contribution in [0.15, 0.2) is 42.5 Å². The highest BCUT2D eigenvalue weighted by Crippen LogP contribution is 2.34. The van der Waals surface area contributed by atoms with E-state index in [4.69, 9.17) is 9.47 Å². The van der Waals surface area contributed by atoms with Crippen molar-refractivity contribution in [2.45, 2.75) is 26.2 Å². The molecular weight excluding hydrogens is 304 g/mol. The van der Waals surface area contributed by atoms with Gasteiger partial charge >= 0.3 is 0 Å². The number of amides is 1. The maximum atomic E-state index is 12.3. The summed E-state index contributed by atoms with van der Waals surface area (Å²) in [6.45, 7) is 6.80. The number of carbonyl (C=O) groups excluding carboxylic acids is 1. The third kappa shape index (κ3) is 3.62. The molecule has 1 aliphatic heterocycles. The van der Waals surface area contributed by atoms with Crippen LogP contribution in [0.25, 0.3) is 0 Å². The molecule has 0 unspecified atom stereocenters. The van der Waals surface area contributed by atoms with Crippen molar-refractivity contribution >= 4 is 17.3 Å². The topological polar surface area (TPSA) is 59.6 Å². The molecule has 3 rings (SSSR count). The standard InChI is InChI=1S/C19H22N2O3/c1-19(2,3)14-6-4-5-7-15(14)21-18(22)11-20-13-8-9-16-17(10-13)24-12-23-16/h4-10,20H,11-12H2,1-3H3,(H,21,22). The molecule has 0 atom stereocenters. The molecule has 0 bridgehead atoms. The number of nitrogens with one attached hydrogen (secondary N) is 2. The summed E-state index contributed by atoms with van der Waals surface area (Å²) >= 11 is 0. The number of fused-ring (bicyclic) bond motifs is 1. The summed E-state index contributed by atoms with van der Waals surface area (Å²) in [4.78, 5) is 12.3. The fourth-order valence-electron chi connectivity index (χ4n) is 2.63. The van der Waals surface area contributed by atoms with Gasteiger partial charge in [0, 0.05) is 17.4 Å². The largest absolute Gasteiger partial charge is 0.454 e. The van der Waals surface area contributed by atoms with Crippen LogP contribution in [-0.2, 0) is 10.2 Å². The van der Waals surface area contributed by atoms with Crippen LogP contribution < -0.4 is 20.1 Å². The molecule has 126 valence electrons. The first kappa shape index (κ1) is 16.2. The lowest BCUT2D eigenvalue weighted by molar-refractivity contribution is -0.114. The number of hydrogen-bond acceptors (Lipinski definition) is 4. The van der Waals surface area contributed by atoms with Crippen LogP contribution in [-0.4, -0.2) is 19.2 Å². The number of hydrogen-bond donors (Lipinski definition) is 2. The van der Waals surface area contributed by atoms with Crippen LogP contribution in [0.3, 0.4) is 0 Å². The van der Waals surface area contributed by atoms with E-state index in [1.165, 1.54) is 0 Å². The van der Waals surface area contributed by atoms with Crippen LogP contribution in [0.4, 0.5) is 11.4 Å². The van der Waals surface area contributed by atoms with E-state index in [9.17, 15) is 4.79 Å². The number of benzene rings is 2. The fourth-order valence-corrected chi connectivity index (χ4v) is 2.63. The summed E-state index contributed by atoms with van der Waals surface area (Å²) in [6, 6.07) is 13.4. The van der Waals surface area contributed by atoms with Gasteiger partial charge in [0.05, 0.1) is 6.54 Å². The van der Waals surface area contributed by atoms with Gasteiger partial charge in [0.2, 0.25) is 12.7 Å². The normalized spacial score (nSPS) is 12.8. The summed E-state index contributed by atoms with van der Waals surface area (Å²) in [5, 5.41) is 6.09. The highest BCUT2D eigenvalue weighted by Gasteiger charge is 2.18. The Morgan fingerprint density at radius 2 is 1.83 bits per heavy atom. The summed E-state index contributed by atoms with van der Waals surface area (Å²) < 4.78 is 10.6. The van der Waals surface area contributed by atoms with Crippen molar-refractivity contribution in [3.8, 4) is 11.5 Å². The van der Waals surface area contributed by atoms with E-state index in [0.29, 0.717) is 5.75 Å². The lowest BCUT2D eigenvalue weighted by atomic mass is 9.86. The lowest BCUT2D eigenvalue weighted by Gasteiger charge is -2.23. The minimum absolute atomic E-state index is 0.0331. The predicted octanol–water partition coefficient (Wildman–Crippen LogP) is 3.76. The Balaban J connectivity index is 1.63. The zero-order chi connectivity index (χ0) is 17.2. The number of anilines is 2. The zero-order valence-electron chi connectivity index (χ0n) is 14.2. The second-order valence-electron chi connectivity index (χ2n) is 6.77. The van der Waals surface area contributed by atoms with Gasteiger partial charge < -0.3 is 20.1 Å². The van der Waals surface area contributed by atoms with E-state index < -0.39 is 0 Å². The van der Waals surface area contributed by atoms with E-state index in [1.807, 2.05) is 42.5 Å². The molecule has 0 saturated carbocycles. The zero-order valence-corrected chi connectivity index (χ0v) is 14.2. The molecule has 1 heterocycles. The van der Waals surface area contributed by atoms with Crippen LogP contribution in [0.2, 0.25) is 0 Å². The molecule has 0 aromatic heterocycles. The Labute approximate surface area is 142 Å². The molecule has 0 spiro atoms. The van der Waals surface area contributed by atoms with Crippen molar-refractivity contribution in [2.75, 3.05) is 24.0 Å². The van der Waals surface area contributed by atoms with Gasteiger partial charge in [0.15, 0.2) is 11.5 Å². The molecule has 0 saturated heterocycles. The van der Waals surface area contributed by atoms with E-state index in [2.05, 4.69) is 31.4 Å². The summed E-state index contributed by atoms with van der Waals surface area (Å²) in [6.07, 6.45) is 0. The molecular formula is C19H22N2O3. The molecule has 1 amide bonds. The second-order valence-corrected chi connectivity index (χ2v) is 6.77. The Kier molecular flexibility index (Phi) is 4.34. The van der Waals surface area contributed by atoms with Crippen molar-refractivity contribution in [3.63, 3.8) is 0 Å². The third-order valence-corrected chi connectivity index (χ3v) is 3.83. The summed E-state index contributed by atoms with van der Waals surface area (Å²) in [7, 11) is 0. The first-order valence-corrected chi connectivity index (χ1v) is 7.96. The van der Waals surface area contributed by atoms with Gasteiger partial charge in [-0.1, -0.05) is 39.0 Å². The smallest absolute Gasteiger partial charge is 0.243 e. The van der Waals surface area contributed by atoms with Crippen LogP contribution in [0, 0.1) is 0 Å². The van der Waals surface area contributed by atoms with Gasteiger partial charge in [-0.2, -0.15) is 0 Å². The number of carbonyl (C=O) groups is 1. The Bertz CT molecular complexity index is 751. The molecule has 0 fully saturated rings. The molecule has 2 aromatic rings. The molecule has 2 aromatic carbocycles. The van der Waals surface area contributed by atoms with E-state index in [-0.39, 0.29) is 24.7 Å². The Morgan fingerprint density at radius 3 is 2.62 bits per heavy atom. The van der Waals surface area contributed by atoms with Gasteiger partial charge in [-0.05, 0) is 29.2 Å². The monoisotopic (exact) mass is 326 g/mol. The molecule has 24 heavy (non-hydrogen) atoms. The van der Waals surface area contributed by atoms with Gasteiger partial charge in [0.25, 0.3) is 0 Å². The predicted molar refractivity (Wildman–Crippen MR) is 94.8 cm³/mol. The Morgan fingerprint density at radius 1 is 1.08 bits per heavy atom. The average molecular weight is 326 g/mol. The van der Waals surface area contributed by atoms with Crippen LogP contribution >= 0.6 is 0 Å². The molecule has 5 heteroatoms. The summed E-state index contributed by atoms with van der Waals surface area (Å²) in [5.74, 6) is 1.33. The summed E-state index contributed by atoms with van der Waals surface area (Å²) in [5.41, 5.74) is 2.75. The van der Waals surface area contributed by atoms with Crippen LogP contribution in [0.5, 0.6) is 11.5 Å². The first-order chi connectivity index (χ1) is 11.4. The Hall–Kier alpha value is -2.69. The van der Waals surface area contributed by atoms with Crippen molar-refractivity contribution < 1.29 is 14.3 Å². The SMILES string of the molecule is CC(C)(C)c1ccccc1NC(=O)CNc1ccc2c(c1)OCO2. The molecule has 0 aliphatic carbocycles. The maximum Gasteiger partial charge on any atom is 0.243 e. The van der Waals surface area contributed by atoms with Crippen molar-refractivity contribution in [1.29, 1.82) is 0 Å². The third-order valence-electron chi connectivity index (χ3n) is 3.83.